The maximum atomic E-state index is 12.7. The molecule has 2 unspecified atom stereocenters. The fraction of sp³-hybridized carbons (Fsp3) is 0.333. The van der Waals surface area contributed by atoms with Crippen molar-refractivity contribution in [2.75, 3.05) is 6.61 Å². The van der Waals surface area contributed by atoms with Gasteiger partial charge in [0.15, 0.2) is 0 Å². The molecule has 0 aliphatic carbocycles. The van der Waals surface area contributed by atoms with Crippen molar-refractivity contribution in [3.63, 3.8) is 0 Å². The zero-order chi connectivity index (χ0) is 20.4. The number of amides is 2. The summed E-state index contributed by atoms with van der Waals surface area (Å²) in [5.74, 6) is 0.0993. The van der Waals surface area contributed by atoms with Crippen LogP contribution in [0.1, 0.15) is 46.4 Å². The molecule has 2 aromatic rings. The minimum Gasteiger partial charge on any atom is -0.493 e. The lowest BCUT2D eigenvalue weighted by atomic mass is 9.95. The average Bonchev–Trinajstić information content (AvgIpc) is 2.64. The first-order chi connectivity index (χ1) is 13.3. The summed E-state index contributed by atoms with van der Waals surface area (Å²) in [4.78, 5) is 25.1. The van der Waals surface area contributed by atoms with Crippen LogP contribution in [0.2, 0.25) is 10.0 Å². The summed E-state index contributed by atoms with van der Waals surface area (Å²) in [6.45, 7) is 6.17. The quantitative estimate of drug-likeness (QED) is 0.771. The highest BCUT2D eigenvalue weighted by Gasteiger charge is 2.27. The Bertz CT molecular complexity index is 930. The molecule has 0 saturated heterocycles. The number of aryl methyl sites for hydroxylation is 2. The molecule has 0 radical (unpaired) electrons. The van der Waals surface area contributed by atoms with E-state index in [1.807, 2.05) is 19.9 Å². The van der Waals surface area contributed by atoms with Gasteiger partial charge >= 0.3 is 0 Å². The SMILES string of the molecule is Cc1cc(C)c2c(c1)C(NC(=O)C(C)NC(=O)c1cccc(Cl)c1Cl)CCO2. The Morgan fingerprint density at radius 2 is 1.96 bits per heavy atom. The molecule has 2 amide bonds. The fourth-order valence-corrected chi connectivity index (χ4v) is 3.73. The van der Waals surface area contributed by atoms with E-state index in [4.69, 9.17) is 27.9 Å². The largest absolute Gasteiger partial charge is 0.493 e. The molecule has 28 heavy (non-hydrogen) atoms. The van der Waals surface area contributed by atoms with Crippen molar-refractivity contribution in [1.29, 1.82) is 0 Å². The van der Waals surface area contributed by atoms with Crippen molar-refractivity contribution in [3.05, 3.63) is 62.6 Å². The molecule has 0 bridgehead atoms. The van der Waals surface area contributed by atoms with Crippen molar-refractivity contribution in [1.82, 2.24) is 10.6 Å². The molecular weight excluding hydrogens is 399 g/mol. The maximum Gasteiger partial charge on any atom is 0.253 e. The zero-order valence-corrected chi connectivity index (χ0v) is 17.4. The molecule has 7 heteroatoms. The van der Waals surface area contributed by atoms with Crippen LogP contribution in [-0.4, -0.2) is 24.5 Å². The predicted molar refractivity (Wildman–Crippen MR) is 110 cm³/mol. The molecule has 0 fully saturated rings. The number of hydrogen-bond acceptors (Lipinski definition) is 3. The summed E-state index contributed by atoms with van der Waals surface area (Å²) in [6, 6.07) is 7.99. The number of benzene rings is 2. The Balaban J connectivity index is 1.70. The third kappa shape index (κ3) is 4.26. The highest BCUT2D eigenvalue weighted by atomic mass is 35.5. The minimum atomic E-state index is -0.736. The molecule has 1 aliphatic rings. The molecule has 2 N–H and O–H groups in total. The van der Waals surface area contributed by atoms with Crippen LogP contribution in [0, 0.1) is 13.8 Å². The van der Waals surface area contributed by atoms with Crippen LogP contribution in [0.5, 0.6) is 5.75 Å². The average molecular weight is 421 g/mol. The van der Waals surface area contributed by atoms with Gasteiger partial charge in [-0.05, 0) is 38.5 Å². The van der Waals surface area contributed by atoms with Crippen molar-refractivity contribution < 1.29 is 14.3 Å². The Kier molecular flexibility index (Phi) is 6.16. The fourth-order valence-electron chi connectivity index (χ4n) is 3.34. The van der Waals surface area contributed by atoms with E-state index in [1.165, 1.54) is 0 Å². The van der Waals surface area contributed by atoms with E-state index < -0.39 is 11.9 Å². The van der Waals surface area contributed by atoms with Crippen molar-refractivity contribution in [2.45, 2.75) is 39.3 Å². The van der Waals surface area contributed by atoms with Crippen molar-refractivity contribution in [2.24, 2.45) is 0 Å². The molecule has 1 aliphatic heterocycles. The lowest BCUT2D eigenvalue weighted by molar-refractivity contribution is -0.123. The standard InChI is InChI=1S/C21H22Cl2N2O3/c1-11-9-12(2)19-15(10-11)17(7-8-28-19)25-20(26)13(3)24-21(27)14-5-4-6-16(22)18(14)23/h4-6,9-10,13,17H,7-8H2,1-3H3,(H,24,27)(H,25,26). The summed E-state index contributed by atoms with van der Waals surface area (Å²) >= 11 is 12.0. The molecule has 148 valence electrons. The Hall–Kier alpha value is -2.24. The summed E-state index contributed by atoms with van der Waals surface area (Å²) in [5.41, 5.74) is 3.36. The third-order valence-electron chi connectivity index (χ3n) is 4.73. The van der Waals surface area contributed by atoms with Gasteiger partial charge in [0.05, 0.1) is 28.3 Å². The maximum absolute atomic E-state index is 12.7. The Morgan fingerprint density at radius 3 is 2.71 bits per heavy atom. The van der Waals surface area contributed by atoms with Crippen LogP contribution in [0.4, 0.5) is 0 Å². The van der Waals surface area contributed by atoms with Crippen LogP contribution in [0.3, 0.4) is 0 Å². The lowest BCUT2D eigenvalue weighted by Crippen LogP contribution is -2.46. The van der Waals surface area contributed by atoms with Gasteiger partial charge in [0.2, 0.25) is 5.91 Å². The summed E-state index contributed by atoms with van der Waals surface area (Å²) in [7, 11) is 0. The monoisotopic (exact) mass is 420 g/mol. The number of carbonyl (C=O) groups is 2. The number of fused-ring (bicyclic) bond motifs is 1. The second-order valence-corrected chi connectivity index (χ2v) is 7.78. The molecule has 3 rings (SSSR count). The number of carbonyl (C=O) groups excluding carboxylic acids is 2. The lowest BCUT2D eigenvalue weighted by Gasteiger charge is -2.29. The molecule has 1 heterocycles. The van der Waals surface area contributed by atoms with Crippen LogP contribution in [-0.2, 0) is 4.79 Å². The van der Waals surface area contributed by atoms with Crippen LogP contribution in [0.25, 0.3) is 0 Å². The van der Waals surface area contributed by atoms with E-state index in [2.05, 4.69) is 16.7 Å². The number of hydrogen-bond donors (Lipinski definition) is 2. The van der Waals surface area contributed by atoms with Crippen molar-refractivity contribution >= 4 is 35.0 Å². The van der Waals surface area contributed by atoms with Gasteiger partial charge < -0.3 is 15.4 Å². The van der Waals surface area contributed by atoms with Crippen LogP contribution < -0.4 is 15.4 Å². The first-order valence-corrected chi connectivity index (χ1v) is 9.82. The third-order valence-corrected chi connectivity index (χ3v) is 5.55. The van der Waals surface area contributed by atoms with Gasteiger partial charge in [-0.3, -0.25) is 9.59 Å². The number of halogens is 2. The van der Waals surface area contributed by atoms with Gasteiger partial charge in [-0.1, -0.05) is 47.0 Å². The zero-order valence-electron chi connectivity index (χ0n) is 15.9. The highest BCUT2D eigenvalue weighted by molar-refractivity contribution is 6.43. The van der Waals surface area contributed by atoms with Gasteiger partial charge in [0.1, 0.15) is 11.8 Å². The molecule has 0 spiro atoms. The first-order valence-electron chi connectivity index (χ1n) is 9.07. The smallest absolute Gasteiger partial charge is 0.253 e. The van der Waals surface area contributed by atoms with Gasteiger partial charge in [0, 0.05) is 12.0 Å². The van der Waals surface area contributed by atoms with Gasteiger partial charge in [-0.25, -0.2) is 0 Å². The number of nitrogens with one attached hydrogen (secondary N) is 2. The molecule has 2 aromatic carbocycles. The predicted octanol–water partition coefficient (Wildman–Crippen LogP) is 4.37. The van der Waals surface area contributed by atoms with E-state index >= 15 is 0 Å². The molecule has 0 aromatic heterocycles. The van der Waals surface area contributed by atoms with Crippen LogP contribution >= 0.6 is 23.2 Å². The van der Waals surface area contributed by atoms with Gasteiger partial charge in [-0.15, -0.1) is 0 Å². The first kappa shape index (κ1) is 20.5. The van der Waals surface area contributed by atoms with Gasteiger partial charge in [-0.2, -0.15) is 0 Å². The van der Waals surface area contributed by atoms with E-state index in [1.54, 1.807) is 25.1 Å². The minimum absolute atomic E-state index is 0.163. The van der Waals surface area contributed by atoms with Crippen LogP contribution in [0.15, 0.2) is 30.3 Å². The highest BCUT2D eigenvalue weighted by Crippen LogP contribution is 2.35. The second-order valence-electron chi connectivity index (χ2n) is 7.00. The van der Waals surface area contributed by atoms with Gasteiger partial charge in [0.25, 0.3) is 5.91 Å². The number of ether oxygens (including phenoxy) is 1. The summed E-state index contributed by atoms with van der Waals surface area (Å²) < 4.78 is 5.78. The Labute approximate surface area is 174 Å². The van der Waals surface area contributed by atoms with E-state index in [0.717, 1.165) is 22.4 Å². The van der Waals surface area contributed by atoms with Crippen molar-refractivity contribution in [3.8, 4) is 5.75 Å². The molecular formula is C21H22Cl2N2O3. The molecule has 5 nitrogen and oxygen atoms in total. The number of rotatable bonds is 4. The molecule has 2 atom stereocenters. The summed E-state index contributed by atoms with van der Waals surface area (Å²) in [5, 5.41) is 6.15. The van der Waals surface area contributed by atoms with E-state index in [0.29, 0.717) is 13.0 Å². The van der Waals surface area contributed by atoms with E-state index in [9.17, 15) is 9.59 Å². The normalized spacial score (nSPS) is 16.5. The summed E-state index contributed by atoms with van der Waals surface area (Å²) in [6.07, 6.45) is 0.669. The second kappa shape index (κ2) is 8.41. The topological polar surface area (TPSA) is 67.4 Å². The molecule has 0 saturated carbocycles. The Morgan fingerprint density at radius 1 is 1.21 bits per heavy atom. The van der Waals surface area contributed by atoms with E-state index in [-0.39, 0.29) is 27.6 Å².